The van der Waals surface area contributed by atoms with Crippen molar-refractivity contribution < 1.29 is 9.59 Å². The van der Waals surface area contributed by atoms with E-state index in [1.54, 1.807) is 0 Å². The van der Waals surface area contributed by atoms with E-state index < -0.39 is 0 Å². The molecule has 6 heteroatoms. The first-order valence-electron chi connectivity index (χ1n) is 7.34. The van der Waals surface area contributed by atoms with Gasteiger partial charge in [-0.25, -0.2) is 0 Å². The van der Waals surface area contributed by atoms with Gasteiger partial charge in [0.1, 0.15) is 12.6 Å². The Morgan fingerprint density at radius 2 is 0.950 bits per heavy atom. The van der Waals surface area contributed by atoms with E-state index in [9.17, 15) is 9.59 Å². The van der Waals surface area contributed by atoms with Gasteiger partial charge in [-0.05, 0) is 14.1 Å². The number of hydrogen-bond donors (Lipinski definition) is 0. The summed E-state index contributed by atoms with van der Waals surface area (Å²) in [6.07, 6.45) is 1.92. The normalized spacial score (nSPS) is 22.9. The molecule has 1 aliphatic heterocycles. The highest BCUT2D eigenvalue weighted by Crippen LogP contribution is 1.97. The summed E-state index contributed by atoms with van der Waals surface area (Å²) in [5, 5.41) is 0. The van der Waals surface area contributed by atoms with Crippen molar-refractivity contribution in [1.82, 2.24) is 19.6 Å². The third-order valence-electron chi connectivity index (χ3n) is 3.86. The van der Waals surface area contributed by atoms with Gasteiger partial charge in [-0.1, -0.05) is 0 Å². The van der Waals surface area contributed by atoms with Crippen molar-refractivity contribution in [2.45, 2.75) is 0 Å². The molecule has 0 unspecified atom stereocenters. The molecule has 0 amide bonds. The molecule has 0 aromatic carbocycles. The Balaban J connectivity index is 2.57. The molecule has 0 aromatic rings. The van der Waals surface area contributed by atoms with Crippen LogP contribution >= 0.6 is 0 Å². The van der Waals surface area contributed by atoms with Gasteiger partial charge in [0, 0.05) is 52.4 Å². The minimum Gasteiger partial charge on any atom is -0.304 e. The van der Waals surface area contributed by atoms with Crippen LogP contribution in [0.2, 0.25) is 0 Å². The standard InChI is InChI=1S/C14H28N4O2/c1-15-3-4-16(2)6-8-18(12-14-20)10-9-17(7-5-15)11-13-19/h13-14H,3-12H2,1-2H3. The van der Waals surface area contributed by atoms with Crippen LogP contribution in [-0.2, 0) is 9.59 Å². The summed E-state index contributed by atoms with van der Waals surface area (Å²) in [4.78, 5) is 30.4. The lowest BCUT2D eigenvalue weighted by Gasteiger charge is -2.30. The Bertz CT molecular complexity index is 260. The minimum atomic E-state index is 0.475. The van der Waals surface area contributed by atoms with Gasteiger partial charge in [0.2, 0.25) is 0 Å². The van der Waals surface area contributed by atoms with E-state index in [4.69, 9.17) is 0 Å². The van der Waals surface area contributed by atoms with E-state index in [1.165, 1.54) is 0 Å². The summed E-state index contributed by atoms with van der Waals surface area (Å²) in [6, 6.07) is 0. The summed E-state index contributed by atoms with van der Waals surface area (Å²) >= 11 is 0. The van der Waals surface area contributed by atoms with Crippen LogP contribution in [-0.4, -0.2) is 112 Å². The van der Waals surface area contributed by atoms with Gasteiger partial charge in [0.15, 0.2) is 0 Å². The molecule has 1 saturated heterocycles. The first-order valence-corrected chi connectivity index (χ1v) is 7.34. The van der Waals surface area contributed by atoms with Gasteiger partial charge in [-0.3, -0.25) is 9.80 Å². The highest BCUT2D eigenvalue weighted by molar-refractivity contribution is 5.52. The number of likely N-dealkylation sites (N-methyl/N-ethyl adjacent to an activating group) is 2. The van der Waals surface area contributed by atoms with Crippen LogP contribution in [0.5, 0.6) is 0 Å². The van der Waals surface area contributed by atoms with E-state index in [-0.39, 0.29) is 0 Å². The number of carbonyl (C=O) groups is 2. The van der Waals surface area contributed by atoms with Crippen molar-refractivity contribution >= 4 is 12.6 Å². The van der Waals surface area contributed by atoms with Crippen LogP contribution in [0.25, 0.3) is 0 Å². The third-order valence-corrected chi connectivity index (χ3v) is 3.86. The fraction of sp³-hybridized carbons (Fsp3) is 0.857. The van der Waals surface area contributed by atoms with E-state index in [1.807, 2.05) is 0 Å². The molecule has 1 rings (SSSR count). The first kappa shape index (κ1) is 17.2. The number of carbonyl (C=O) groups excluding carboxylic acids is 2. The van der Waals surface area contributed by atoms with Crippen LogP contribution in [0.15, 0.2) is 0 Å². The predicted octanol–water partition coefficient (Wildman–Crippen LogP) is -1.13. The molecule has 0 radical (unpaired) electrons. The lowest BCUT2D eigenvalue weighted by molar-refractivity contribution is -0.110. The zero-order chi connectivity index (χ0) is 14.8. The lowest BCUT2D eigenvalue weighted by Crippen LogP contribution is -2.45. The molecule has 1 fully saturated rings. The summed E-state index contributed by atoms with van der Waals surface area (Å²) < 4.78 is 0. The summed E-state index contributed by atoms with van der Waals surface area (Å²) in [5.41, 5.74) is 0. The molecule has 0 aromatic heterocycles. The first-order chi connectivity index (χ1) is 9.65. The highest BCUT2D eigenvalue weighted by atomic mass is 16.1. The maximum Gasteiger partial charge on any atom is 0.133 e. The Hall–Kier alpha value is -0.820. The third kappa shape index (κ3) is 7.09. The molecule has 0 atom stereocenters. The molecule has 0 N–H and O–H groups in total. The molecule has 0 spiro atoms. The van der Waals surface area contributed by atoms with Gasteiger partial charge in [-0.15, -0.1) is 0 Å². The molecule has 0 aliphatic carbocycles. The van der Waals surface area contributed by atoms with Crippen molar-refractivity contribution in [2.24, 2.45) is 0 Å². The second-order valence-corrected chi connectivity index (χ2v) is 5.54. The molecular formula is C14H28N4O2. The zero-order valence-corrected chi connectivity index (χ0v) is 12.8. The van der Waals surface area contributed by atoms with Gasteiger partial charge < -0.3 is 19.4 Å². The summed E-state index contributed by atoms with van der Waals surface area (Å²) in [7, 11) is 4.24. The second-order valence-electron chi connectivity index (χ2n) is 5.54. The maximum atomic E-state index is 10.7. The van der Waals surface area contributed by atoms with Crippen LogP contribution < -0.4 is 0 Å². The molecule has 1 aliphatic rings. The molecular weight excluding hydrogens is 256 g/mol. The SMILES string of the molecule is CN1CCN(C)CCN(CC=O)CCN(CC=O)CC1. The number of hydrogen-bond acceptors (Lipinski definition) is 6. The Morgan fingerprint density at radius 1 is 0.650 bits per heavy atom. The van der Waals surface area contributed by atoms with Gasteiger partial charge in [0.05, 0.1) is 13.1 Å². The molecule has 1 heterocycles. The smallest absolute Gasteiger partial charge is 0.133 e. The minimum absolute atomic E-state index is 0.475. The van der Waals surface area contributed by atoms with Crippen LogP contribution in [0.1, 0.15) is 0 Å². The van der Waals surface area contributed by atoms with Crippen molar-refractivity contribution in [1.29, 1.82) is 0 Å². The largest absolute Gasteiger partial charge is 0.304 e. The topological polar surface area (TPSA) is 47.1 Å². The van der Waals surface area contributed by atoms with Crippen LogP contribution in [0.3, 0.4) is 0 Å². The maximum absolute atomic E-state index is 10.7. The Kier molecular flexibility index (Phi) is 8.60. The van der Waals surface area contributed by atoms with E-state index in [0.29, 0.717) is 13.1 Å². The van der Waals surface area contributed by atoms with E-state index in [0.717, 1.165) is 64.9 Å². The molecule has 116 valence electrons. The summed E-state index contributed by atoms with van der Waals surface area (Å²) in [6.45, 7) is 8.41. The van der Waals surface area contributed by atoms with E-state index >= 15 is 0 Å². The fourth-order valence-corrected chi connectivity index (χ4v) is 2.27. The van der Waals surface area contributed by atoms with Gasteiger partial charge >= 0.3 is 0 Å². The average molecular weight is 284 g/mol. The number of rotatable bonds is 4. The van der Waals surface area contributed by atoms with E-state index in [2.05, 4.69) is 33.7 Å². The lowest BCUT2D eigenvalue weighted by atomic mass is 10.3. The Morgan fingerprint density at radius 3 is 1.30 bits per heavy atom. The van der Waals surface area contributed by atoms with Gasteiger partial charge in [-0.2, -0.15) is 0 Å². The van der Waals surface area contributed by atoms with Crippen molar-refractivity contribution in [2.75, 3.05) is 79.5 Å². The molecule has 6 nitrogen and oxygen atoms in total. The highest BCUT2D eigenvalue weighted by Gasteiger charge is 2.12. The molecule has 0 bridgehead atoms. The van der Waals surface area contributed by atoms with Crippen molar-refractivity contribution in [3.63, 3.8) is 0 Å². The zero-order valence-electron chi connectivity index (χ0n) is 12.8. The summed E-state index contributed by atoms with van der Waals surface area (Å²) in [5.74, 6) is 0. The predicted molar refractivity (Wildman–Crippen MR) is 80.0 cm³/mol. The molecule has 20 heavy (non-hydrogen) atoms. The Labute approximate surface area is 122 Å². The van der Waals surface area contributed by atoms with Crippen LogP contribution in [0, 0.1) is 0 Å². The van der Waals surface area contributed by atoms with Gasteiger partial charge in [0.25, 0.3) is 0 Å². The van der Waals surface area contributed by atoms with Crippen molar-refractivity contribution in [3.8, 4) is 0 Å². The molecule has 0 saturated carbocycles. The quantitative estimate of drug-likeness (QED) is 0.609. The number of aldehydes is 2. The fourth-order valence-electron chi connectivity index (χ4n) is 2.27. The number of nitrogens with zero attached hydrogens (tertiary/aromatic N) is 4. The monoisotopic (exact) mass is 284 g/mol. The van der Waals surface area contributed by atoms with Crippen molar-refractivity contribution in [3.05, 3.63) is 0 Å². The second kappa shape index (κ2) is 9.99. The van der Waals surface area contributed by atoms with Crippen LogP contribution in [0.4, 0.5) is 0 Å². The average Bonchev–Trinajstić information content (AvgIpc) is 2.43.